The number of ether oxygens (including phenoxy) is 2. The SMILES string of the molecule is N#Cc1c(N)nc2c(c1-c1ccccc1OCC(=O)NCC1CCCO1)CCCC2. The molecule has 0 saturated carbocycles. The van der Waals surface area contributed by atoms with Gasteiger partial charge in [0, 0.05) is 30.0 Å². The van der Waals surface area contributed by atoms with Crippen LogP contribution in [0.4, 0.5) is 5.82 Å². The molecule has 0 radical (unpaired) electrons. The number of amides is 1. The van der Waals surface area contributed by atoms with Gasteiger partial charge in [-0.2, -0.15) is 5.26 Å². The van der Waals surface area contributed by atoms with Gasteiger partial charge in [0.25, 0.3) is 5.91 Å². The predicted molar refractivity (Wildman–Crippen MR) is 113 cm³/mol. The molecule has 1 amide bonds. The molecule has 0 spiro atoms. The van der Waals surface area contributed by atoms with E-state index in [4.69, 9.17) is 15.2 Å². The number of rotatable bonds is 6. The lowest BCUT2D eigenvalue weighted by atomic mass is 9.86. The predicted octanol–water partition coefficient (Wildman–Crippen LogP) is 2.76. The van der Waals surface area contributed by atoms with Gasteiger partial charge in [-0.15, -0.1) is 0 Å². The van der Waals surface area contributed by atoms with Crippen molar-refractivity contribution in [2.24, 2.45) is 0 Å². The Bertz CT molecular complexity index is 977. The van der Waals surface area contributed by atoms with E-state index in [1.54, 1.807) is 0 Å². The third kappa shape index (κ3) is 4.24. The largest absolute Gasteiger partial charge is 0.483 e. The highest BCUT2D eigenvalue weighted by atomic mass is 16.5. The molecular formula is C23H26N4O3. The first-order valence-corrected chi connectivity index (χ1v) is 10.5. The summed E-state index contributed by atoms with van der Waals surface area (Å²) in [4.78, 5) is 16.7. The van der Waals surface area contributed by atoms with Crippen molar-refractivity contribution >= 4 is 11.7 Å². The number of benzene rings is 1. The van der Waals surface area contributed by atoms with Gasteiger partial charge >= 0.3 is 0 Å². The summed E-state index contributed by atoms with van der Waals surface area (Å²) in [5.41, 5.74) is 10.1. The van der Waals surface area contributed by atoms with Crippen molar-refractivity contribution in [3.8, 4) is 22.9 Å². The molecule has 2 heterocycles. The molecule has 1 aromatic carbocycles. The number of aromatic nitrogens is 1. The number of nitrogen functional groups attached to an aromatic ring is 1. The average molecular weight is 406 g/mol. The molecule has 1 aliphatic carbocycles. The molecular weight excluding hydrogens is 380 g/mol. The Kier molecular flexibility index (Phi) is 6.15. The monoisotopic (exact) mass is 406 g/mol. The lowest BCUT2D eigenvalue weighted by Crippen LogP contribution is -2.35. The van der Waals surface area contributed by atoms with Crippen LogP contribution in [0.2, 0.25) is 0 Å². The van der Waals surface area contributed by atoms with Crippen LogP contribution in [-0.4, -0.2) is 36.8 Å². The number of pyridine rings is 1. The van der Waals surface area contributed by atoms with Gasteiger partial charge in [-0.3, -0.25) is 4.79 Å². The van der Waals surface area contributed by atoms with E-state index in [2.05, 4.69) is 16.4 Å². The Labute approximate surface area is 176 Å². The topological polar surface area (TPSA) is 110 Å². The lowest BCUT2D eigenvalue weighted by Gasteiger charge is -2.22. The van der Waals surface area contributed by atoms with Crippen LogP contribution in [0.5, 0.6) is 5.75 Å². The minimum absolute atomic E-state index is 0.0886. The molecule has 156 valence electrons. The molecule has 1 unspecified atom stereocenters. The Morgan fingerprint density at radius 2 is 2.13 bits per heavy atom. The van der Waals surface area contributed by atoms with Crippen LogP contribution in [0.25, 0.3) is 11.1 Å². The van der Waals surface area contributed by atoms with Crippen LogP contribution in [0.15, 0.2) is 24.3 Å². The van der Waals surface area contributed by atoms with E-state index in [-0.39, 0.29) is 24.4 Å². The molecule has 1 atom stereocenters. The normalized spacial score (nSPS) is 17.8. The molecule has 2 aliphatic rings. The third-order valence-corrected chi connectivity index (χ3v) is 5.68. The maximum Gasteiger partial charge on any atom is 0.258 e. The number of nitrogens with one attached hydrogen (secondary N) is 1. The summed E-state index contributed by atoms with van der Waals surface area (Å²) in [7, 11) is 0. The van der Waals surface area contributed by atoms with Crippen LogP contribution in [-0.2, 0) is 22.4 Å². The molecule has 2 aromatic rings. The number of carbonyl (C=O) groups excluding carboxylic acids is 1. The number of aryl methyl sites for hydroxylation is 1. The summed E-state index contributed by atoms with van der Waals surface area (Å²) in [6.07, 6.45) is 5.90. The maximum absolute atomic E-state index is 12.3. The number of hydrogen-bond donors (Lipinski definition) is 2. The molecule has 1 aliphatic heterocycles. The average Bonchev–Trinajstić information content (AvgIpc) is 3.29. The Morgan fingerprint density at radius 3 is 2.93 bits per heavy atom. The smallest absolute Gasteiger partial charge is 0.258 e. The number of nitrogens with two attached hydrogens (primary N) is 1. The highest BCUT2D eigenvalue weighted by Crippen LogP contribution is 2.39. The second-order valence-electron chi connectivity index (χ2n) is 7.72. The van der Waals surface area contributed by atoms with Crippen molar-refractivity contribution in [3.63, 3.8) is 0 Å². The first kappa shape index (κ1) is 20.2. The zero-order valence-corrected chi connectivity index (χ0v) is 16.9. The van der Waals surface area contributed by atoms with E-state index in [0.29, 0.717) is 17.9 Å². The Morgan fingerprint density at radius 1 is 1.30 bits per heavy atom. The fourth-order valence-corrected chi connectivity index (χ4v) is 4.20. The Balaban J connectivity index is 1.57. The first-order valence-electron chi connectivity index (χ1n) is 10.5. The van der Waals surface area contributed by atoms with Gasteiger partial charge in [-0.1, -0.05) is 18.2 Å². The number of carbonyl (C=O) groups is 1. The van der Waals surface area contributed by atoms with Crippen molar-refractivity contribution in [1.29, 1.82) is 5.26 Å². The molecule has 7 nitrogen and oxygen atoms in total. The minimum atomic E-state index is -0.197. The van der Waals surface area contributed by atoms with E-state index in [0.717, 1.165) is 67.5 Å². The quantitative estimate of drug-likeness (QED) is 0.763. The summed E-state index contributed by atoms with van der Waals surface area (Å²) < 4.78 is 11.4. The second kappa shape index (κ2) is 9.14. The minimum Gasteiger partial charge on any atom is -0.483 e. The van der Waals surface area contributed by atoms with E-state index in [1.807, 2.05) is 24.3 Å². The molecule has 4 rings (SSSR count). The van der Waals surface area contributed by atoms with Gasteiger partial charge in [-0.05, 0) is 50.2 Å². The molecule has 1 saturated heterocycles. The van der Waals surface area contributed by atoms with E-state index < -0.39 is 0 Å². The van der Waals surface area contributed by atoms with Crippen LogP contribution in [0, 0.1) is 11.3 Å². The molecule has 30 heavy (non-hydrogen) atoms. The first-order chi connectivity index (χ1) is 14.7. The number of fused-ring (bicyclic) bond motifs is 1. The zero-order chi connectivity index (χ0) is 20.9. The van der Waals surface area contributed by atoms with Crippen molar-refractivity contribution in [1.82, 2.24) is 10.3 Å². The highest BCUT2D eigenvalue weighted by Gasteiger charge is 2.24. The van der Waals surface area contributed by atoms with Crippen molar-refractivity contribution in [2.75, 3.05) is 25.5 Å². The lowest BCUT2D eigenvalue weighted by molar-refractivity contribution is -0.123. The summed E-state index contributed by atoms with van der Waals surface area (Å²) in [6, 6.07) is 9.69. The molecule has 0 bridgehead atoms. The van der Waals surface area contributed by atoms with Gasteiger partial charge in [0.2, 0.25) is 0 Å². The van der Waals surface area contributed by atoms with Crippen LogP contribution in [0.3, 0.4) is 0 Å². The van der Waals surface area contributed by atoms with E-state index in [1.165, 1.54) is 0 Å². The van der Waals surface area contributed by atoms with Crippen molar-refractivity contribution < 1.29 is 14.3 Å². The number of para-hydroxylation sites is 1. The molecule has 1 fully saturated rings. The second-order valence-corrected chi connectivity index (χ2v) is 7.72. The van der Waals surface area contributed by atoms with Crippen molar-refractivity contribution in [2.45, 2.75) is 44.6 Å². The van der Waals surface area contributed by atoms with E-state index >= 15 is 0 Å². The van der Waals surface area contributed by atoms with E-state index in [9.17, 15) is 10.1 Å². The number of nitrogens with zero attached hydrogens (tertiary/aromatic N) is 2. The molecule has 7 heteroatoms. The molecule has 3 N–H and O–H groups in total. The van der Waals surface area contributed by atoms with Crippen LogP contribution < -0.4 is 15.8 Å². The van der Waals surface area contributed by atoms with Gasteiger partial charge in [-0.25, -0.2) is 4.98 Å². The summed E-state index contributed by atoms with van der Waals surface area (Å²) in [6.45, 7) is 1.15. The summed E-state index contributed by atoms with van der Waals surface area (Å²) >= 11 is 0. The zero-order valence-electron chi connectivity index (χ0n) is 16.9. The Hall–Kier alpha value is -3.11. The fourth-order valence-electron chi connectivity index (χ4n) is 4.20. The van der Waals surface area contributed by atoms with Gasteiger partial charge in [0.05, 0.1) is 6.10 Å². The highest BCUT2D eigenvalue weighted by molar-refractivity contribution is 5.83. The van der Waals surface area contributed by atoms with Crippen molar-refractivity contribution in [3.05, 3.63) is 41.1 Å². The number of hydrogen-bond acceptors (Lipinski definition) is 6. The maximum atomic E-state index is 12.3. The molecule has 1 aromatic heterocycles. The van der Waals surface area contributed by atoms with Gasteiger partial charge in [0.1, 0.15) is 23.2 Å². The number of nitriles is 1. The van der Waals surface area contributed by atoms with Gasteiger partial charge in [0.15, 0.2) is 6.61 Å². The summed E-state index contributed by atoms with van der Waals surface area (Å²) in [5.74, 6) is 0.606. The van der Waals surface area contributed by atoms with Crippen LogP contribution in [0.1, 0.15) is 42.5 Å². The van der Waals surface area contributed by atoms with Gasteiger partial charge < -0.3 is 20.5 Å². The summed E-state index contributed by atoms with van der Waals surface area (Å²) in [5, 5.41) is 12.6. The number of anilines is 1. The standard InChI is InChI=1S/C23H26N4O3/c24-12-18-22(16-7-1-3-9-19(16)27-23(18)25)17-8-2-4-10-20(17)30-14-21(28)26-13-15-6-5-11-29-15/h2,4,8,10,15H,1,3,5-7,9,11,13-14H2,(H2,25,27)(H,26,28). The third-order valence-electron chi connectivity index (χ3n) is 5.68. The van der Waals surface area contributed by atoms with Crippen LogP contribution >= 0.6 is 0 Å². The fraction of sp³-hybridized carbons (Fsp3) is 0.435.